The van der Waals surface area contributed by atoms with Gasteiger partial charge in [0.15, 0.2) is 0 Å². The molecule has 0 amide bonds. The summed E-state index contributed by atoms with van der Waals surface area (Å²) in [5, 5.41) is 14.4. The molecule has 0 bridgehead atoms. The Hall–Kier alpha value is -1.95. The van der Waals surface area contributed by atoms with E-state index in [1.165, 1.54) is 12.1 Å². The van der Waals surface area contributed by atoms with Crippen LogP contribution in [0.2, 0.25) is 0 Å². The van der Waals surface area contributed by atoms with E-state index in [1.807, 2.05) is 13.0 Å². The maximum Gasteiger partial charge on any atom is 0.387 e. The van der Waals surface area contributed by atoms with Crippen molar-refractivity contribution in [3.8, 4) is 5.75 Å². The molecule has 1 N–H and O–H groups in total. The largest absolute Gasteiger partial charge is 0.435 e. The SMILES string of the molecule is Cc1cc(CC(O)c2cccc(OC(F)F)c2)n(C)n1. The second-order valence-corrected chi connectivity index (χ2v) is 4.57. The summed E-state index contributed by atoms with van der Waals surface area (Å²) in [5.41, 5.74) is 2.27. The van der Waals surface area contributed by atoms with Crippen molar-refractivity contribution in [1.82, 2.24) is 9.78 Å². The molecule has 4 nitrogen and oxygen atoms in total. The van der Waals surface area contributed by atoms with Crippen LogP contribution in [0.1, 0.15) is 23.1 Å². The fourth-order valence-corrected chi connectivity index (χ4v) is 2.07. The average molecular weight is 282 g/mol. The van der Waals surface area contributed by atoms with E-state index in [2.05, 4.69) is 9.84 Å². The summed E-state index contributed by atoms with van der Waals surface area (Å²) in [7, 11) is 1.80. The van der Waals surface area contributed by atoms with E-state index >= 15 is 0 Å². The number of aryl methyl sites for hydroxylation is 2. The Balaban J connectivity index is 2.12. The third-order valence-electron chi connectivity index (χ3n) is 2.97. The molecule has 6 heteroatoms. The Bertz CT molecular complexity index is 584. The Morgan fingerprint density at radius 2 is 2.10 bits per heavy atom. The van der Waals surface area contributed by atoms with Crippen LogP contribution in [0.5, 0.6) is 5.75 Å². The highest BCUT2D eigenvalue weighted by atomic mass is 19.3. The molecule has 0 aliphatic rings. The number of ether oxygens (including phenoxy) is 1. The van der Waals surface area contributed by atoms with Gasteiger partial charge >= 0.3 is 6.61 Å². The normalized spacial score (nSPS) is 12.7. The molecule has 0 aliphatic heterocycles. The van der Waals surface area contributed by atoms with Gasteiger partial charge in [-0.1, -0.05) is 12.1 Å². The third kappa shape index (κ3) is 3.54. The lowest BCUT2D eigenvalue weighted by molar-refractivity contribution is -0.0499. The monoisotopic (exact) mass is 282 g/mol. The number of aromatic nitrogens is 2. The number of rotatable bonds is 5. The molecule has 2 rings (SSSR count). The van der Waals surface area contributed by atoms with Crippen LogP contribution in [0.25, 0.3) is 0 Å². The fraction of sp³-hybridized carbons (Fsp3) is 0.357. The van der Waals surface area contributed by atoms with Gasteiger partial charge in [0.2, 0.25) is 0 Å². The molecule has 0 saturated heterocycles. The molecule has 0 saturated carbocycles. The summed E-state index contributed by atoms with van der Waals surface area (Å²) in [6, 6.07) is 7.97. The maximum atomic E-state index is 12.2. The first-order valence-corrected chi connectivity index (χ1v) is 6.18. The number of hydrogen-bond acceptors (Lipinski definition) is 3. The molecule has 20 heavy (non-hydrogen) atoms. The van der Waals surface area contributed by atoms with Gasteiger partial charge in [-0.15, -0.1) is 0 Å². The molecular weight excluding hydrogens is 266 g/mol. The second-order valence-electron chi connectivity index (χ2n) is 4.57. The molecule has 1 aromatic heterocycles. The molecule has 0 radical (unpaired) electrons. The summed E-state index contributed by atoms with van der Waals surface area (Å²) in [4.78, 5) is 0. The van der Waals surface area contributed by atoms with Gasteiger partial charge in [0.1, 0.15) is 5.75 Å². The fourth-order valence-electron chi connectivity index (χ4n) is 2.07. The van der Waals surface area contributed by atoms with Crippen molar-refractivity contribution in [2.24, 2.45) is 7.05 Å². The number of benzene rings is 1. The van der Waals surface area contributed by atoms with E-state index in [0.717, 1.165) is 11.4 Å². The molecule has 1 atom stereocenters. The zero-order valence-corrected chi connectivity index (χ0v) is 11.3. The topological polar surface area (TPSA) is 47.3 Å². The van der Waals surface area contributed by atoms with Crippen LogP contribution in [0.15, 0.2) is 30.3 Å². The predicted molar refractivity (Wildman–Crippen MR) is 69.7 cm³/mol. The minimum Gasteiger partial charge on any atom is -0.435 e. The van der Waals surface area contributed by atoms with Crippen molar-refractivity contribution in [2.45, 2.75) is 26.1 Å². The van der Waals surface area contributed by atoms with Crippen molar-refractivity contribution < 1.29 is 18.6 Å². The highest BCUT2D eigenvalue weighted by Crippen LogP contribution is 2.23. The van der Waals surface area contributed by atoms with E-state index in [1.54, 1.807) is 23.9 Å². The summed E-state index contributed by atoms with van der Waals surface area (Å²) < 4.78 is 30.3. The zero-order valence-electron chi connectivity index (χ0n) is 11.3. The molecule has 108 valence electrons. The van der Waals surface area contributed by atoms with E-state index in [-0.39, 0.29) is 5.75 Å². The Kier molecular flexibility index (Phi) is 4.34. The van der Waals surface area contributed by atoms with Gasteiger partial charge in [0, 0.05) is 19.2 Å². The molecule has 2 aromatic rings. The first-order chi connectivity index (χ1) is 9.45. The van der Waals surface area contributed by atoms with Crippen LogP contribution in [-0.2, 0) is 13.5 Å². The number of alkyl halides is 2. The van der Waals surface area contributed by atoms with Gasteiger partial charge in [-0.05, 0) is 30.7 Å². The number of aliphatic hydroxyl groups is 1. The molecule has 1 aromatic carbocycles. The first kappa shape index (κ1) is 14.5. The standard InChI is InChI=1S/C14H16F2N2O2/c1-9-6-11(18(2)17-9)8-13(19)10-4-3-5-12(7-10)20-14(15)16/h3-7,13-14,19H,8H2,1-2H3. The molecule has 1 unspecified atom stereocenters. The van der Waals surface area contributed by atoms with E-state index in [0.29, 0.717) is 12.0 Å². The van der Waals surface area contributed by atoms with Crippen LogP contribution in [0.4, 0.5) is 8.78 Å². The number of aliphatic hydroxyl groups excluding tert-OH is 1. The number of nitrogens with zero attached hydrogens (tertiary/aromatic N) is 2. The summed E-state index contributed by atoms with van der Waals surface area (Å²) >= 11 is 0. The lowest BCUT2D eigenvalue weighted by Gasteiger charge is -2.12. The summed E-state index contributed by atoms with van der Waals surface area (Å²) in [5.74, 6) is 0.0396. The average Bonchev–Trinajstić information content (AvgIpc) is 2.67. The second kappa shape index (κ2) is 6.00. The third-order valence-corrected chi connectivity index (χ3v) is 2.97. The van der Waals surface area contributed by atoms with E-state index in [4.69, 9.17) is 0 Å². The smallest absolute Gasteiger partial charge is 0.387 e. The Morgan fingerprint density at radius 3 is 2.70 bits per heavy atom. The number of hydrogen-bond donors (Lipinski definition) is 1. The van der Waals surface area contributed by atoms with Gasteiger partial charge in [-0.25, -0.2) is 0 Å². The Labute approximate surface area is 115 Å². The quantitative estimate of drug-likeness (QED) is 0.917. The van der Waals surface area contributed by atoms with Gasteiger partial charge in [-0.2, -0.15) is 13.9 Å². The van der Waals surface area contributed by atoms with Crippen molar-refractivity contribution in [3.63, 3.8) is 0 Å². The van der Waals surface area contributed by atoms with Crippen molar-refractivity contribution in [3.05, 3.63) is 47.3 Å². The molecule has 0 aliphatic carbocycles. The van der Waals surface area contributed by atoms with E-state index < -0.39 is 12.7 Å². The van der Waals surface area contributed by atoms with Crippen molar-refractivity contribution in [2.75, 3.05) is 0 Å². The zero-order chi connectivity index (χ0) is 14.7. The van der Waals surface area contributed by atoms with Gasteiger partial charge in [0.05, 0.1) is 11.8 Å². The first-order valence-electron chi connectivity index (χ1n) is 6.18. The van der Waals surface area contributed by atoms with Crippen LogP contribution in [0, 0.1) is 6.92 Å². The van der Waals surface area contributed by atoms with Crippen LogP contribution < -0.4 is 4.74 Å². The van der Waals surface area contributed by atoms with Gasteiger partial charge in [0.25, 0.3) is 0 Å². The highest BCUT2D eigenvalue weighted by Gasteiger charge is 2.13. The molecular formula is C14H16F2N2O2. The predicted octanol–water partition coefficient (Wildman–Crippen LogP) is 2.61. The summed E-state index contributed by atoms with van der Waals surface area (Å²) in [6.07, 6.45) is -0.443. The Morgan fingerprint density at radius 1 is 1.35 bits per heavy atom. The lowest BCUT2D eigenvalue weighted by Crippen LogP contribution is -2.07. The minimum atomic E-state index is -2.87. The minimum absolute atomic E-state index is 0.0396. The van der Waals surface area contributed by atoms with E-state index in [9.17, 15) is 13.9 Å². The maximum absolute atomic E-state index is 12.2. The van der Waals surface area contributed by atoms with Crippen LogP contribution in [-0.4, -0.2) is 21.5 Å². The number of halogens is 2. The molecule has 0 fully saturated rings. The van der Waals surface area contributed by atoms with Gasteiger partial charge in [-0.3, -0.25) is 4.68 Å². The van der Waals surface area contributed by atoms with Crippen molar-refractivity contribution in [1.29, 1.82) is 0 Å². The van der Waals surface area contributed by atoms with Crippen LogP contribution in [0.3, 0.4) is 0 Å². The van der Waals surface area contributed by atoms with Crippen LogP contribution >= 0.6 is 0 Å². The summed E-state index contributed by atoms with van der Waals surface area (Å²) in [6.45, 7) is -1.01. The molecule has 0 spiro atoms. The highest BCUT2D eigenvalue weighted by molar-refractivity contribution is 5.30. The molecule has 1 heterocycles. The van der Waals surface area contributed by atoms with Crippen molar-refractivity contribution >= 4 is 0 Å². The van der Waals surface area contributed by atoms with Gasteiger partial charge < -0.3 is 9.84 Å². The lowest BCUT2D eigenvalue weighted by atomic mass is 10.0.